The minimum Gasteiger partial charge on any atom is -0.497 e. The average Bonchev–Trinajstić information content (AvgIpc) is 2.86. The summed E-state index contributed by atoms with van der Waals surface area (Å²) in [6.45, 7) is 0.135. The fraction of sp³-hybridized carbons (Fsp3) is 0.357. The lowest BCUT2D eigenvalue weighted by atomic mass is 10.1. The molecule has 0 bridgehead atoms. The summed E-state index contributed by atoms with van der Waals surface area (Å²) in [6.07, 6.45) is 0. The topological polar surface area (TPSA) is 82.5 Å². The molecule has 0 amide bonds. The van der Waals surface area contributed by atoms with Crippen LogP contribution in [0.25, 0.3) is 11.3 Å². The van der Waals surface area contributed by atoms with Gasteiger partial charge in [0.25, 0.3) is 0 Å². The molecular weight excluding hydrogens is 306 g/mol. The van der Waals surface area contributed by atoms with E-state index in [-0.39, 0.29) is 12.4 Å². The first-order valence-corrected chi connectivity index (χ1v) is 8.28. The van der Waals surface area contributed by atoms with Crippen molar-refractivity contribution in [1.82, 2.24) is 9.78 Å². The Labute approximate surface area is 129 Å². The molecule has 7 nitrogen and oxygen atoms in total. The summed E-state index contributed by atoms with van der Waals surface area (Å²) in [4.78, 5) is 0. The lowest BCUT2D eigenvalue weighted by Crippen LogP contribution is -2.21. The first-order valence-electron chi connectivity index (χ1n) is 6.63. The molecule has 120 valence electrons. The number of hydrogen-bond acceptors (Lipinski definition) is 5. The molecule has 0 aliphatic carbocycles. The summed E-state index contributed by atoms with van der Waals surface area (Å²) < 4.78 is 37.8. The van der Waals surface area contributed by atoms with Crippen molar-refractivity contribution in [2.24, 2.45) is 7.05 Å². The summed E-state index contributed by atoms with van der Waals surface area (Å²) in [5.41, 5.74) is 1.50. The zero-order chi connectivity index (χ0) is 16.2. The van der Waals surface area contributed by atoms with Gasteiger partial charge in [0, 0.05) is 25.8 Å². The number of nitrogens with zero attached hydrogens (tertiary/aromatic N) is 2. The van der Waals surface area contributed by atoms with E-state index in [1.54, 1.807) is 20.2 Å². The molecule has 2 rings (SSSR count). The SMILES string of the molecule is COCCS(=O)(=O)Nc1cc(-c2cccc(OC)c2)nn1C. The second kappa shape index (κ2) is 6.80. The first kappa shape index (κ1) is 16.3. The maximum absolute atomic E-state index is 11.9. The van der Waals surface area contributed by atoms with Crippen LogP contribution in [-0.4, -0.2) is 44.8 Å². The van der Waals surface area contributed by atoms with Gasteiger partial charge in [-0.1, -0.05) is 12.1 Å². The lowest BCUT2D eigenvalue weighted by Gasteiger charge is -2.06. The Bertz CT molecular complexity index is 740. The number of aryl methyl sites for hydroxylation is 1. The summed E-state index contributed by atoms with van der Waals surface area (Å²) in [7, 11) is 1.27. The highest BCUT2D eigenvalue weighted by atomic mass is 32.2. The molecule has 0 unspecified atom stereocenters. The Morgan fingerprint density at radius 2 is 2.05 bits per heavy atom. The second-order valence-corrected chi connectivity index (χ2v) is 6.53. The van der Waals surface area contributed by atoms with Crippen LogP contribution in [0, 0.1) is 0 Å². The molecule has 0 fully saturated rings. The van der Waals surface area contributed by atoms with E-state index < -0.39 is 10.0 Å². The highest BCUT2D eigenvalue weighted by Crippen LogP contribution is 2.25. The van der Waals surface area contributed by atoms with Gasteiger partial charge in [-0.2, -0.15) is 5.10 Å². The van der Waals surface area contributed by atoms with Gasteiger partial charge in [-0.3, -0.25) is 9.40 Å². The molecule has 22 heavy (non-hydrogen) atoms. The van der Waals surface area contributed by atoms with E-state index >= 15 is 0 Å². The normalized spacial score (nSPS) is 11.4. The van der Waals surface area contributed by atoms with Crippen LogP contribution >= 0.6 is 0 Å². The van der Waals surface area contributed by atoms with Gasteiger partial charge in [-0.15, -0.1) is 0 Å². The van der Waals surface area contributed by atoms with Gasteiger partial charge in [-0.25, -0.2) is 8.42 Å². The van der Waals surface area contributed by atoms with Crippen molar-refractivity contribution in [2.45, 2.75) is 0 Å². The summed E-state index contributed by atoms with van der Waals surface area (Å²) in [5, 5.41) is 4.32. The van der Waals surface area contributed by atoms with E-state index in [4.69, 9.17) is 9.47 Å². The van der Waals surface area contributed by atoms with Crippen LogP contribution in [0.2, 0.25) is 0 Å². The van der Waals surface area contributed by atoms with Gasteiger partial charge in [0.2, 0.25) is 10.0 Å². The van der Waals surface area contributed by atoms with Crippen LogP contribution in [0.4, 0.5) is 5.82 Å². The predicted octanol–water partition coefficient (Wildman–Crippen LogP) is 1.48. The van der Waals surface area contributed by atoms with Gasteiger partial charge in [-0.05, 0) is 12.1 Å². The summed E-state index contributed by atoms with van der Waals surface area (Å²) in [6, 6.07) is 9.09. The molecule has 0 aliphatic heterocycles. The van der Waals surface area contributed by atoms with Crippen molar-refractivity contribution >= 4 is 15.8 Å². The van der Waals surface area contributed by atoms with Crippen molar-refractivity contribution in [2.75, 3.05) is 31.3 Å². The molecule has 1 N–H and O–H groups in total. The number of aromatic nitrogens is 2. The fourth-order valence-corrected chi connectivity index (χ4v) is 2.89. The highest BCUT2D eigenvalue weighted by Gasteiger charge is 2.15. The maximum Gasteiger partial charge on any atom is 0.236 e. The van der Waals surface area contributed by atoms with E-state index in [1.807, 2.05) is 24.3 Å². The number of nitrogens with one attached hydrogen (secondary N) is 1. The van der Waals surface area contributed by atoms with Crippen molar-refractivity contribution in [3.8, 4) is 17.0 Å². The molecule has 0 saturated carbocycles. The van der Waals surface area contributed by atoms with Crippen LogP contribution in [-0.2, 0) is 21.8 Å². The molecule has 1 aromatic heterocycles. The number of ether oxygens (including phenoxy) is 2. The van der Waals surface area contributed by atoms with Crippen LogP contribution in [0.3, 0.4) is 0 Å². The Morgan fingerprint density at radius 1 is 1.27 bits per heavy atom. The monoisotopic (exact) mass is 325 g/mol. The number of hydrogen-bond donors (Lipinski definition) is 1. The predicted molar refractivity (Wildman–Crippen MR) is 84.5 cm³/mol. The lowest BCUT2D eigenvalue weighted by molar-refractivity contribution is 0.217. The van der Waals surface area contributed by atoms with Crippen molar-refractivity contribution in [3.63, 3.8) is 0 Å². The Hall–Kier alpha value is -2.06. The van der Waals surface area contributed by atoms with Crippen LogP contribution < -0.4 is 9.46 Å². The molecule has 0 saturated heterocycles. The van der Waals surface area contributed by atoms with Crippen LogP contribution in [0.5, 0.6) is 5.75 Å². The molecule has 0 radical (unpaired) electrons. The largest absolute Gasteiger partial charge is 0.497 e. The van der Waals surface area contributed by atoms with Gasteiger partial charge in [0.05, 0.1) is 25.2 Å². The third-order valence-corrected chi connectivity index (χ3v) is 4.29. The third kappa shape index (κ3) is 3.99. The molecule has 1 aromatic carbocycles. The van der Waals surface area contributed by atoms with Gasteiger partial charge in [0.1, 0.15) is 11.6 Å². The molecule has 0 aliphatic rings. The number of rotatable bonds is 7. The molecular formula is C14H19N3O4S. The van der Waals surface area contributed by atoms with E-state index in [1.165, 1.54) is 11.8 Å². The van der Waals surface area contributed by atoms with Gasteiger partial charge < -0.3 is 9.47 Å². The van der Waals surface area contributed by atoms with E-state index in [2.05, 4.69) is 9.82 Å². The van der Waals surface area contributed by atoms with Gasteiger partial charge >= 0.3 is 0 Å². The smallest absolute Gasteiger partial charge is 0.236 e. The number of sulfonamides is 1. The number of anilines is 1. The van der Waals surface area contributed by atoms with Crippen LogP contribution in [0.15, 0.2) is 30.3 Å². The van der Waals surface area contributed by atoms with E-state index in [9.17, 15) is 8.42 Å². The molecule has 8 heteroatoms. The fourth-order valence-electron chi connectivity index (χ4n) is 1.89. The molecule has 0 spiro atoms. The quantitative estimate of drug-likeness (QED) is 0.834. The summed E-state index contributed by atoms with van der Waals surface area (Å²) >= 11 is 0. The summed E-state index contributed by atoms with van der Waals surface area (Å²) in [5.74, 6) is 1.00. The minimum atomic E-state index is -3.46. The molecule has 1 heterocycles. The standard InChI is InChI=1S/C14H19N3O4S/c1-17-14(16-22(18,19)8-7-20-2)10-13(15-17)11-5-4-6-12(9-11)21-3/h4-6,9-10,16H,7-8H2,1-3H3. The van der Waals surface area contributed by atoms with Crippen molar-refractivity contribution < 1.29 is 17.9 Å². The Kier molecular flexibility index (Phi) is 5.04. The van der Waals surface area contributed by atoms with E-state index in [0.29, 0.717) is 17.3 Å². The maximum atomic E-state index is 11.9. The Morgan fingerprint density at radius 3 is 2.73 bits per heavy atom. The van der Waals surface area contributed by atoms with Gasteiger partial charge in [0.15, 0.2) is 0 Å². The third-order valence-electron chi connectivity index (χ3n) is 3.06. The zero-order valence-corrected chi connectivity index (χ0v) is 13.6. The Balaban J connectivity index is 2.24. The van der Waals surface area contributed by atoms with Crippen molar-refractivity contribution in [3.05, 3.63) is 30.3 Å². The van der Waals surface area contributed by atoms with Crippen LogP contribution in [0.1, 0.15) is 0 Å². The second-order valence-electron chi connectivity index (χ2n) is 4.68. The minimum absolute atomic E-state index is 0.108. The average molecular weight is 325 g/mol. The zero-order valence-electron chi connectivity index (χ0n) is 12.7. The van der Waals surface area contributed by atoms with Crippen molar-refractivity contribution in [1.29, 1.82) is 0 Å². The van der Waals surface area contributed by atoms with E-state index in [0.717, 1.165) is 5.56 Å². The molecule has 2 aromatic rings. The number of methoxy groups -OCH3 is 2. The molecule has 0 atom stereocenters. The number of benzene rings is 1. The highest BCUT2D eigenvalue weighted by molar-refractivity contribution is 7.92. The first-order chi connectivity index (χ1) is 10.4.